The predicted octanol–water partition coefficient (Wildman–Crippen LogP) is 2.92. The summed E-state index contributed by atoms with van der Waals surface area (Å²) in [6.45, 7) is 4.94. The molecule has 0 N–H and O–H groups in total. The predicted molar refractivity (Wildman–Crippen MR) is 104 cm³/mol. The molecule has 1 aliphatic carbocycles. The Kier molecular flexibility index (Phi) is 5.66. The molecule has 4 rings (SSSR count). The highest BCUT2D eigenvalue weighted by Gasteiger charge is 2.56. The van der Waals surface area contributed by atoms with Gasteiger partial charge >= 0.3 is 6.18 Å². The Morgan fingerprint density at radius 2 is 1.90 bits per heavy atom. The number of halogens is 3. The standard InChI is InChI=1S/C20H28F3N3O3S/c1-14-7-18(20(21,22)23)24-10-17(14)30(27,28)26-12-19(13-26)8-16(9-19)25(2)11-15-3-5-29-6-4-15/h7,10,15-16H,3-6,8-9,11-13H2,1-2H3. The van der Waals surface area contributed by atoms with Gasteiger partial charge in [-0.15, -0.1) is 0 Å². The maximum absolute atomic E-state index is 12.9. The largest absolute Gasteiger partial charge is 0.433 e. The van der Waals surface area contributed by atoms with Gasteiger partial charge in [-0.1, -0.05) is 0 Å². The minimum atomic E-state index is -4.59. The minimum Gasteiger partial charge on any atom is -0.381 e. The van der Waals surface area contributed by atoms with Gasteiger partial charge in [0.2, 0.25) is 10.0 Å². The Hall–Kier alpha value is -1.23. The van der Waals surface area contributed by atoms with Crippen molar-refractivity contribution in [1.82, 2.24) is 14.2 Å². The second kappa shape index (κ2) is 7.72. The highest BCUT2D eigenvalue weighted by atomic mass is 32.2. The lowest BCUT2D eigenvalue weighted by molar-refractivity contribution is -0.141. The maximum Gasteiger partial charge on any atom is 0.433 e. The van der Waals surface area contributed by atoms with Gasteiger partial charge in [0.1, 0.15) is 10.6 Å². The molecule has 1 aromatic heterocycles. The summed E-state index contributed by atoms with van der Waals surface area (Å²) in [6.07, 6.45) is 0.352. The molecule has 10 heteroatoms. The molecule has 2 saturated heterocycles. The molecule has 3 fully saturated rings. The summed E-state index contributed by atoms with van der Waals surface area (Å²) in [7, 11) is -1.69. The van der Waals surface area contributed by atoms with E-state index in [9.17, 15) is 21.6 Å². The third kappa shape index (κ3) is 4.11. The number of aryl methyl sites for hydroxylation is 1. The molecule has 0 bridgehead atoms. The quantitative estimate of drug-likeness (QED) is 0.695. The van der Waals surface area contributed by atoms with Crippen LogP contribution in [0.2, 0.25) is 0 Å². The van der Waals surface area contributed by atoms with Crippen LogP contribution in [0.4, 0.5) is 13.2 Å². The van der Waals surface area contributed by atoms with E-state index in [2.05, 4.69) is 16.9 Å². The van der Waals surface area contributed by atoms with Gasteiger partial charge in [0.15, 0.2) is 0 Å². The summed E-state index contributed by atoms with van der Waals surface area (Å²) in [4.78, 5) is 5.58. The van der Waals surface area contributed by atoms with Crippen molar-refractivity contribution in [3.8, 4) is 0 Å². The van der Waals surface area contributed by atoms with Gasteiger partial charge in [-0.2, -0.15) is 17.5 Å². The summed E-state index contributed by atoms with van der Waals surface area (Å²) >= 11 is 0. The monoisotopic (exact) mass is 447 g/mol. The van der Waals surface area contributed by atoms with Crippen LogP contribution in [0.1, 0.15) is 36.9 Å². The fourth-order valence-corrected chi connectivity index (χ4v) is 6.79. The molecule has 30 heavy (non-hydrogen) atoms. The maximum atomic E-state index is 12.9. The number of nitrogens with zero attached hydrogens (tertiary/aromatic N) is 3. The fourth-order valence-electron chi connectivity index (χ4n) is 4.97. The first-order valence-corrected chi connectivity index (χ1v) is 11.8. The number of sulfonamides is 1. The average Bonchev–Trinajstić information content (AvgIpc) is 2.59. The molecule has 3 aliphatic rings. The number of pyridine rings is 1. The average molecular weight is 448 g/mol. The Labute approximate surface area is 175 Å². The van der Waals surface area contributed by atoms with Crippen molar-refractivity contribution >= 4 is 10.0 Å². The van der Waals surface area contributed by atoms with Crippen LogP contribution in [-0.4, -0.2) is 68.5 Å². The number of ether oxygens (including phenoxy) is 1. The normalized spacial score (nSPS) is 23.5. The summed E-state index contributed by atoms with van der Waals surface area (Å²) in [5, 5.41) is 0. The summed E-state index contributed by atoms with van der Waals surface area (Å²) in [5.41, 5.74) is -0.996. The van der Waals surface area contributed by atoms with Crippen LogP contribution in [0.5, 0.6) is 0 Å². The summed E-state index contributed by atoms with van der Waals surface area (Å²) in [6, 6.07) is 1.26. The molecule has 0 aromatic carbocycles. The smallest absolute Gasteiger partial charge is 0.381 e. The molecule has 0 atom stereocenters. The van der Waals surface area contributed by atoms with E-state index in [0.29, 0.717) is 25.0 Å². The Bertz CT molecular complexity index is 886. The van der Waals surface area contributed by atoms with Crippen LogP contribution in [0.3, 0.4) is 0 Å². The van der Waals surface area contributed by atoms with Crippen molar-refractivity contribution < 1.29 is 26.3 Å². The van der Waals surface area contributed by atoms with E-state index < -0.39 is 21.9 Å². The molecule has 3 heterocycles. The molecule has 2 aliphatic heterocycles. The number of hydrogen-bond donors (Lipinski definition) is 0. The third-order valence-corrected chi connectivity index (χ3v) is 8.76. The number of hydrogen-bond acceptors (Lipinski definition) is 5. The molecule has 0 unspecified atom stereocenters. The highest BCUT2D eigenvalue weighted by Crippen LogP contribution is 2.51. The van der Waals surface area contributed by atoms with Gasteiger partial charge in [-0.3, -0.25) is 4.98 Å². The van der Waals surface area contributed by atoms with Crippen LogP contribution in [-0.2, 0) is 20.9 Å². The SMILES string of the molecule is Cc1cc(C(F)(F)F)ncc1S(=O)(=O)N1CC2(CC(N(C)CC3CCOCC3)C2)C1. The first-order chi connectivity index (χ1) is 14.0. The van der Waals surface area contributed by atoms with Gasteiger partial charge in [-0.05, 0) is 57.2 Å². The second-order valence-corrected chi connectivity index (χ2v) is 11.1. The Morgan fingerprint density at radius 1 is 1.27 bits per heavy atom. The van der Waals surface area contributed by atoms with Gasteiger partial charge in [0.05, 0.1) is 0 Å². The zero-order valence-electron chi connectivity index (χ0n) is 17.3. The topological polar surface area (TPSA) is 62.7 Å². The van der Waals surface area contributed by atoms with Gasteiger partial charge in [-0.25, -0.2) is 8.42 Å². The van der Waals surface area contributed by atoms with E-state index >= 15 is 0 Å². The zero-order chi connectivity index (χ0) is 21.7. The lowest BCUT2D eigenvalue weighted by Crippen LogP contribution is -2.67. The van der Waals surface area contributed by atoms with Crippen LogP contribution >= 0.6 is 0 Å². The third-order valence-electron chi connectivity index (χ3n) is 6.84. The molecule has 1 aromatic rings. The fraction of sp³-hybridized carbons (Fsp3) is 0.750. The molecule has 0 amide bonds. The molecule has 168 valence electrons. The van der Waals surface area contributed by atoms with Crippen LogP contribution in [0.15, 0.2) is 17.2 Å². The highest BCUT2D eigenvalue weighted by molar-refractivity contribution is 7.89. The number of alkyl halides is 3. The van der Waals surface area contributed by atoms with E-state index in [1.165, 1.54) is 11.2 Å². The molecular formula is C20H28F3N3O3S. The van der Waals surface area contributed by atoms with E-state index in [4.69, 9.17) is 4.74 Å². The van der Waals surface area contributed by atoms with Crippen molar-refractivity contribution in [3.05, 3.63) is 23.5 Å². The molecular weight excluding hydrogens is 419 g/mol. The van der Waals surface area contributed by atoms with Gasteiger partial charge < -0.3 is 9.64 Å². The van der Waals surface area contributed by atoms with Crippen LogP contribution < -0.4 is 0 Å². The van der Waals surface area contributed by atoms with Crippen LogP contribution in [0, 0.1) is 18.3 Å². The lowest BCUT2D eigenvalue weighted by atomic mass is 9.61. The van der Waals surface area contributed by atoms with Crippen molar-refractivity contribution in [3.63, 3.8) is 0 Å². The van der Waals surface area contributed by atoms with Crippen molar-refractivity contribution in [2.75, 3.05) is 39.9 Å². The van der Waals surface area contributed by atoms with Crippen LogP contribution in [0.25, 0.3) is 0 Å². The Balaban J connectivity index is 1.33. The van der Waals surface area contributed by atoms with Gasteiger partial charge in [0.25, 0.3) is 0 Å². The van der Waals surface area contributed by atoms with Crippen molar-refractivity contribution in [1.29, 1.82) is 0 Å². The summed E-state index contributed by atoms with van der Waals surface area (Å²) < 4.78 is 71.0. The molecule has 1 saturated carbocycles. The van der Waals surface area contributed by atoms with E-state index in [0.717, 1.165) is 57.7 Å². The number of rotatable bonds is 5. The molecule has 6 nitrogen and oxygen atoms in total. The number of aromatic nitrogens is 1. The summed E-state index contributed by atoms with van der Waals surface area (Å²) in [5.74, 6) is 0.661. The van der Waals surface area contributed by atoms with Gasteiger partial charge in [0, 0.05) is 50.5 Å². The van der Waals surface area contributed by atoms with Crippen molar-refractivity contribution in [2.45, 2.75) is 49.7 Å². The van der Waals surface area contributed by atoms with Crippen molar-refractivity contribution in [2.24, 2.45) is 11.3 Å². The minimum absolute atomic E-state index is 0.00885. The second-order valence-electron chi connectivity index (χ2n) is 9.16. The van der Waals surface area contributed by atoms with E-state index in [-0.39, 0.29) is 15.9 Å². The first-order valence-electron chi connectivity index (χ1n) is 10.3. The van der Waals surface area contributed by atoms with E-state index in [1.54, 1.807) is 0 Å². The first kappa shape index (κ1) is 22.0. The zero-order valence-corrected chi connectivity index (χ0v) is 18.1. The molecule has 1 spiro atoms. The lowest BCUT2D eigenvalue weighted by Gasteiger charge is -2.60. The molecule has 0 radical (unpaired) electrons. The van der Waals surface area contributed by atoms with E-state index in [1.807, 2.05) is 0 Å². The Morgan fingerprint density at radius 3 is 2.47 bits per heavy atom.